The number of amides is 3. The molecule has 2 aromatic rings. The monoisotopic (exact) mass is 446 g/mol. The normalized spacial score (nSPS) is 12.6. The fourth-order valence-corrected chi connectivity index (χ4v) is 3.34. The number of esters is 1. The molecule has 0 spiro atoms. The summed E-state index contributed by atoms with van der Waals surface area (Å²) >= 11 is 12.2. The average Bonchev–Trinajstić information content (AvgIpc) is 2.97. The number of benzene rings is 2. The summed E-state index contributed by atoms with van der Waals surface area (Å²) in [5, 5.41) is 3.04. The zero-order valence-corrected chi connectivity index (χ0v) is 17.3. The molecule has 2 aromatic carbocycles. The van der Waals surface area contributed by atoms with Crippen molar-refractivity contribution >= 4 is 52.6 Å². The Morgan fingerprint density at radius 2 is 1.83 bits per heavy atom. The highest BCUT2D eigenvalue weighted by atomic mass is 35.5. The van der Waals surface area contributed by atoms with Crippen LogP contribution in [0.15, 0.2) is 43.0 Å². The van der Waals surface area contributed by atoms with Crippen molar-refractivity contribution in [3.05, 3.63) is 75.3 Å². The fraction of sp³-hybridized carbons (Fsp3) is 0.143. The SMILES string of the molecule is C=CCN1C(=O)c2ccc(C(=O)OCC(=O)Nc3c(Cl)ccc(C)c3Cl)cc2C1=O. The largest absolute Gasteiger partial charge is 0.452 e. The summed E-state index contributed by atoms with van der Waals surface area (Å²) in [4.78, 5) is 50.0. The molecule has 154 valence electrons. The van der Waals surface area contributed by atoms with Gasteiger partial charge in [0.2, 0.25) is 0 Å². The highest BCUT2D eigenvalue weighted by Gasteiger charge is 2.35. The molecule has 0 fully saturated rings. The molecule has 0 saturated heterocycles. The second-order valence-corrected chi connectivity index (χ2v) is 7.23. The van der Waals surface area contributed by atoms with Gasteiger partial charge in [0.05, 0.1) is 32.4 Å². The predicted octanol–water partition coefficient (Wildman–Crippen LogP) is 3.88. The predicted molar refractivity (Wildman–Crippen MR) is 112 cm³/mol. The molecule has 0 atom stereocenters. The third-order valence-electron chi connectivity index (χ3n) is 4.40. The minimum atomic E-state index is -0.822. The summed E-state index contributed by atoms with van der Waals surface area (Å²) in [5.74, 6) is -2.44. The van der Waals surface area contributed by atoms with Crippen molar-refractivity contribution in [1.82, 2.24) is 4.90 Å². The molecule has 3 amide bonds. The molecule has 0 aromatic heterocycles. The van der Waals surface area contributed by atoms with Gasteiger partial charge in [-0.3, -0.25) is 19.3 Å². The Kier molecular flexibility index (Phi) is 6.24. The summed E-state index contributed by atoms with van der Waals surface area (Å²) in [6.07, 6.45) is 1.43. The van der Waals surface area contributed by atoms with Crippen molar-refractivity contribution < 1.29 is 23.9 Å². The number of hydrogen-bond donors (Lipinski definition) is 1. The summed E-state index contributed by atoms with van der Waals surface area (Å²) in [6.45, 7) is 4.74. The van der Waals surface area contributed by atoms with Crippen molar-refractivity contribution in [3.63, 3.8) is 0 Å². The molecule has 7 nitrogen and oxygen atoms in total. The Hall–Kier alpha value is -3.16. The van der Waals surface area contributed by atoms with Gasteiger partial charge < -0.3 is 10.1 Å². The number of nitrogens with zero attached hydrogens (tertiary/aromatic N) is 1. The van der Waals surface area contributed by atoms with Crippen LogP contribution in [0.1, 0.15) is 36.6 Å². The van der Waals surface area contributed by atoms with E-state index in [0.717, 1.165) is 10.5 Å². The van der Waals surface area contributed by atoms with Gasteiger partial charge in [-0.05, 0) is 36.8 Å². The van der Waals surface area contributed by atoms with Crippen LogP contribution < -0.4 is 5.32 Å². The van der Waals surface area contributed by atoms with Crippen LogP contribution >= 0.6 is 23.2 Å². The lowest BCUT2D eigenvalue weighted by molar-refractivity contribution is -0.119. The van der Waals surface area contributed by atoms with Crippen LogP contribution in [0.3, 0.4) is 0 Å². The molecule has 1 aliphatic rings. The second-order valence-electron chi connectivity index (χ2n) is 6.45. The summed E-state index contributed by atoms with van der Waals surface area (Å²) in [7, 11) is 0. The van der Waals surface area contributed by atoms with Crippen LogP contribution in [0.5, 0.6) is 0 Å². The molecule has 1 aliphatic heterocycles. The van der Waals surface area contributed by atoms with Gasteiger partial charge in [0.1, 0.15) is 0 Å². The third kappa shape index (κ3) is 4.08. The van der Waals surface area contributed by atoms with Crippen molar-refractivity contribution in [2.45, 2.75) is 6.92 Å². The fourth-order valence-electron chi connectivity index (χ4n) is 2.87. The second kappa shape index (κ2) is 8.69. The number of hydrogen-bond acceptors (Lipinski definition) is 5. The Bertz CT molecular complexity index is 1100. The van der Waals surface area contributed by atoms with Gasteiger partial charge in [-0.15, -0.1) is 6.58 Å². The van der Waals surface area contributed by atoms with Gasteiger partial charge in [-0.2, -0.15) is 0 Å². The number of aryl methyl sites for hydroxylation is 1. The van der Waals surface area contributed by atoms with E-state index in [1.807, 2.05) is 0 Å². The zero-order valence-electron chi connectivity index (χ0n) is 15.8. The lowest BCUT2D eigenvalue weighted by Crippen LogP contribution is -2.29. The number of carbonyl (C=O) groups is 4. The quantitative estimate of drug-likeness (QED) is 0.412. The number of imide groups is 1. The van der Waals surface area contributed by atoms with Crippen LogP contribution in [0.2, 0.25) is 10.0 Å². The van der Waals surface area contributed by atoms with E-state index in [1.165, 1.54) is 24.3 Å². The lowest BCUT2D eigenvalue weighted by atomic mass is 10.1. The molecule has 0 saturated carbocycles. The van der Waals surface area contributed by atoms with E-state index in [1.54, 1.807) is 19.1 Å². The number of carbonyl (C=O) groups excluding carboxylic acids is 4. The lowest BCUT2D eigenvalue weighted by Gasteiger charge is -2.11. The van der Waals surface area contributed by atoms with Gasteiger partial charge in [-0.1, -0.05) is 35.3 Å². The molecule has 0 aliphatic carbocycles. The maximum Gasteiger partial charge on any atom is 0.338 e. The topological polar surface area (TPSA) is 92.8 Å². The first-order chi connectivity index (χ1) is 14.2. The molecule has 30 heavy (non-hydrogen) atoms. The van der Waals surface area contributed by atoms with Gasteiger partial charge in [-0.25, -0.2) is 4.79 Å². The Morgan fingerprint density at radius 1 is 1.13 bits per heavy atom. The number of rotatable bonds is 6. The van der Waals surface area contributed by atoms with Crippen molar-refractivity contribution in [1.29, 1.82) is 0 Å². The first-order valence-electron chi connectivity index (χ1n) is 8.77. The van der Waals surface area contributed by atoms with E-state index in [0.29, 0.717) is 0 Å². The molecular weight excluding hydrogens is 431 g/mol. The minimum absolute atomic E-state index is 0.0368. The van der Waals surface area contributed by atoms with E-state index in [-0.39, 0.29) is 39.0 Å². The van der Waals surface area contributed by atoms with Gasteiger partial charge >= 0.3 is 5.97 Å². The van der Waals surface area contributed by atoms with E-state index in [9.17, 15) is 19.2 Å². The smallest absolute Gasteiger partial charge is 0.338 e. The Morgan fingerprint density at radius 3 is 2.53 bits per heavy atom. The molecule has 0 unspecified atom stereocenters. The average molecular weight is 447 g/mol. The minimum Gasteiger partial charge on any atom is -0.452 e. The van der Waals surface area contributed by atoms with Gasteiger partial charge in [0, 0.05) is 6.54 Å². The molecule has 9 heteroatoms. The van der Waals surface area contributed by atoms with Crippen LogP contribution in [-0.2, 0) is 9.53 Å². The van der Waals surface area contributed by atoms with Crippen molar-refractivity contribution in [2.24, 2.45) is 0 Å². The number of halogens is 2. The number of anilines is 1. The summed E-state index contributed by atoms with van der Waals surface area (Å²) in [6, 6.07) is 7.30. The highest BCUT2D eigenvalue weighted by molar-refractivity contribution is 6.40. The van der Waals surface area contributed by atoms with E-state index >= 15 is 0 Å². The maximum atomic E-state index is 12.3. The van der Waals surface area contributed by atoms with Crippen molar-refractivity contribution in [3.8, 4) is 0 Å². The number of ether oxygens (including phenoxy) is 1. The number of nitrogens with one attached hydrogen (secondary N) is 1. The van der Waals surface area contributed by atoms with Crippen LogP contribution in [0.25, 0.3) is 0 Å². The molecule has 1 N–H and O–H groups in total. The van der Waals surface area contributed by atoms with Gasteiger partial charge in [0.25, 0.3) is 17.7 Å². The number of fused-ring (bicyclic) bond motifs is 1. The van der Waals surface area contributed by atoms with E-state index in [2.05, 4.69) is 11.9 Å². The Balaban J connectivity index is 1.68. The molecule has 0 radical (unpaired) electrons. The third-order valence-corrected chi connectivity index (χ3v) is 5.20. The summed E-state index contributed by atoms with van der Waals surface area (Å²) < 4.78 is 5.01. The maximum absolute atomic E-state index is 12.3. The zero-order chi connectivity index (χ0) is 22.0. The Labute approximate surface area is 182 Å². The molecular formula is C21H16Cl2N2O5. The standard InChI is InChI=1S/C21H16Cl2N2O5/c1-3-8-25-19(27)13-6-5-12(9-14(13)20(25)28)21(29)30-10-16(26)24-18-15(22)7-4-11(2)17(18)23/h3-7,9H,1,8,10H2,2H3,(H,24,26). The molecule has 3 rings (SSSR count). The first kappa shape index (κ1) is 21.5. The van der Waals surface area contributed by atoms with Gasteiger partial charge in [0.15, 0.2) is 6.61 Å². The molecule has 1 heterocycles. The van der Waals surface area contributed by atoms with Crippen LogP contribution in [0.4, 0.5) is 5.69 Å². The highest BCUT2D eigenvalue weighted by Crippen LogP contribution is 2.32. The van der Waals surface area contributed by atoms with E-state index in [4.69, 9.17) is 27.9 Å². The first-order valence-corrected chi connectivity index (χ1v) is 9.53. The molecule has 0 bridgehead atoms. The van der Waals surface area contributed by atoms with E-state index < -0.39 is 30.3 Å². The summed E-state index contributed by atoms with van der Waals surface area (Å²) in [5.41, 5.74) is 1.27. The van der Waals surface area contributed by atoms with Crippen molar-refractivity contribution in [2.75, 3.05) is 18.5 Å². The van der Waals surface area contributed by atoms with Crippen LogP contribution in [0, 0.1) is 6.92 Å². The van der Waals surface area contributed by atoms with Crippen LogP contribution in [-0.4, -0.2) is 41.7 Å².